The molecule has 1 saturated heterocycles. The Morgan fingerprint density at radius 2 is 2.15 bits per heavy atom. The van der Waals surface area contributed by atoms with E-state index in [1.54, 1.807) is 10.7 Å². The molecule has 1 aliphatic heterocycles. The van der Waals surface area contributed by atoms with E-state index in [9.17, 15) is 5.11 Å². The molecule has 9 heteroatoms. The lowest BCUT2D eigenvalue weighted by Crippen LogP contribution is -2.31. The fraction of sp³-hybridized carbons (Fsp3) is 0.458. The first-order chi connectivity index (χ1) is 15.9. The summed E-state index contributed by atoms with van der Waals surface area (Å²) in [7, 11) is 1.85. The zero-order valence-corrected chi connectivity index (χ0v) is 19.6. The Bertz CT molecular complexity index is 1120. The third kappa shape index (κ3) is 5.26. The van der Waals surface area contributed by atoms with E-state index < -0.39 is 0 Å². The van der Waals surface area contributed by atoms with Crippen LogP contribution in [0.5, 0.6) is 0 Å². The average molecular weight is 452 g/mol. The van der Waals surface area contributed by atoms with Crippen LogP contribution in [0.1, 0.15) is 43.9 Å². The molecule has 4 N–H and O–H groups in total. The van der Waals surface area contributed by atoms with Crippen LogP contribution >= 0.6 is 0 Å². The highest BCUT2D eigenvalue weighted by molar-refractivity contribution is 5.76. The number of pyridine rings is 1. The number of hydrogen-bond acceptors (Lipinski definition) is 8. The molecule has 0 spiro atoms. The van der Waals surface area contributed by atoms with E-state index >= 15 is 0 Å². The largest absolute Gasteiger partial charge is 0.396 e. The number of nitrogens with one attached hydrogen (secondary N) is 3. The predicted octanol–water partition coefficient (Wildman–Crippen LogP) is 3.38. The first-order valence-corrected chi connectivity index (χ1v) is 11.3. The van der Waals surface area contributed by atoms with Gasteiger partial charge in [0.05, 0.1) is 18.4 Å². The van der Waals surface area contributed by atoms with Crippen LogP contribution < -0.4 is 16.0 Å². The quantitative estimate of drug-likeness (QED) is 0.392. The van der Waals surface area contributed by atoms with Crippen molar-refractivity contribution in [3.05, 3.63) is 48.3 Å². The summed E-state index contributed by atoms with van der Waals surface area (Å²) in [5, 5.41) is 23.8. The van der Waals surface area contributed by atoms with Gasteiger partial charge in [0.15, 0.2) is 5.65 Å². The topological polar surface area (TPSA) is 109 Å². The number of aliphatic hydroxyl groups excluding tert-OH is 1. The highest BCUT2D eigenvalue weighted by atomic mass is 16.5. The second-order valence-corrected chi connectivity index (χ2v) is 9.21. The lowest BCUT2D eigenvalue weighted by atomic mass is 9.95. The van der Waals surface area contributed by atoms with Gasteiger partial charge in [-0.3, -0.25) is 0 Å². The summed E-state index contributed by atoms with van der Waals surface area (Å²) >= 11 is 0. The second-order valence-electron chi connectivity index (χ2n) is 9.21. The maximum Gasteiger partial charge on any atom is 0.168 e. The predicted molar refractivity (Wildman–Crippen MR) is 131 cm³/mol. The summed E-state index contributed by atoms with van der Waals surface area (Å²) in [5.41, 5.74) is 2.94. The minimum absolute atomic E-state index is 0.0807. The van der Waals surface area contributed by atoms with Crippen LogP contribution in [0.2, 0.25) is 0 Å². The molecule has 0 saturated carbocycles. The molecule has 3 aromatic rings. The smallest absolute Gasteiger partial charge is 0.168 e. The van der Waals surface area contributed by atoms with Crippen molar-refractivity contribution < 1.29 is 9.84 Å². The van der Waals surface area contributed by atoms with Gasteiger partial charge in [-0.2, -0.15) is 9.61 Å². The van der Waals surface area contributed by atoms with Crippen LogP contribution in [0.3, 0.4) is 0 Å². The highest BCUT2D eigenvalue weighted by Crippen LogP contribution is 2.27. The Kier molecular flexibility index (Phi) is 6.80. The highest BCUT2D eigenvalue weighted by Gasteiger charge is 2.20. The number of aromatic nitrogens is 4. The number of nitrogens with zero attached hydrogens (tertiary/aromatic N) is 4. The zero-order chi connectivity index (χ0) is 23.4. The fourth-order valence-electron chi connectivity index (χ4n) is 3.77. The van der Waals surface area contributed by atoms with Crippen LogP contribution in [-0.4, -0.2) is 58.1 Å². The van der Waals surface area contributed by atoms with E-state index in [1.807, 2.05) is 39.1 Å². The van der Waals surface area contributed by atoms with Crippen molar-refractivity contribution in [3.8, 4) is 0 Å². The van der Waals surface area contributed by atoms with Crippen LogP contribution in [0.4, 0.5) is 17.5 Å². The van der Waals surface area contributed by atoms with Gasteiger partial charge in [0.2, 0.25) is 0 Å². The van der Waals surface area contributed by atoms with E-state index in [1.165, 1.54) is 0 Å². The lowest BCUT2D eigenvalue weighted by Gasteiger charge is -2.23. The maximum atomic E-state index is 9.53. The van der Waals surface area contributed by atoms with Crippen LogP contribution in [-0.2, 0) is 4.74 Å². The molecule has 1 aliphatic rings. The summed E-state index contributed by atoms with van der Waals surface area (Å²) in [6, 6.07) is 7.90. The van der Waals surface area contributed by atoms with E-state index in [-0.39, 0.29) is 12.0 Å². The van der Waals surface area contributed by atoms with Gasteiger partial charge in [0, 0.05) is 55.6 Å². The van der Waals surface area contributed by atoms with Crippen molar-refractivity contribution in [3.63, 3.8) is 0 Å². The van der Waals surface area contributed by atoms with Crippen molar-refractivity contribution >= 4 is 28.8 Å². The van der Waals surface area contributed by atoms with Crippen LogP contribution in [0, 0.1) is 5.41 Å². The van der Waals surface area contributed by atoms with Crippen molar-refractivity contribution in [1.82, 2.24) is 24.9 Å². The minimum Gasteiger partial charge on any atom is -0.396 e. The summed E-state index contributed by atoms with van der Waals surface area (Å²) in [4.78, 5) is 9.61. The molecule has 0 unspecified atom stereocenters. The van der Waals surface area contributed by atoms with Crippen LogP contribution in [0.15, 0.2) is 37.0 Å². The van der Waals surface area contributed by atoms with Gasteiger partial charge in [-0.25, -0.2) is 9.97 Å². The van der Waals surface area contributed by atoms with Crippen molar-refractivity contribution in [2.75, 3.05) is 44.0 Å². The van der Waals surface area contributed by atoms with Gasteiger partial charge in [-0.05, 0) is 25.0 Å². The van der Waals surface area contributed by atoms with Gasteiger partial charge in [-0.1, -0.05) is 26.5 Å². The van der Waals surface area contributed by atoms with E-state index in [4.69, 9.17) is 14.7 Å². The second kappa shape index (κ2) is 9.76. The number of anilines is 3. The van der Waals surface area contributed by atoms with Gasteiger partial charge < -0.3 is 25.8 Å². The van der Waals surface area contributed by atoms with Gasteiger partial charge in [0.25, 0.3) is 0 Å². The number of rotatable bonds is 9. The third-order valence-corrected chi connectivity index (χ3v) is 5.87. The molecule has 0 bridgehead atoms. The minimum atomic E-state index is -0.262. The molecule has 1 fully saturated rings. The number of aliphatic hydroxyl groups is 1. The summed E-state index contributed by atoms with van der Waals surface area (Å²) in [5.74, 6) is 2.50. The summed E-state index contributed by atoms with van der Waals surface area (Å²) < 4.78 is 7.37. The molecule has 4 rings (SSSR count). The number of fused-ring (bicyclic) bond motifs is 1. The lowest BCUT2D eigenvalue weighted by molar-refractivity contribution is 0.0793. The standard InChI is InChI=1S/C24H33N7O2/c1-16(26-14-24(2,3)15-32)18-12-27-31-22(25-4)11-21(30-23(18)31)29-20-9-5-8-19(28-20)17-7-6-10-33-13-17/h5,8-9,11-12,17,25-26,32H,1,6-7,10,13-15H2,2-4H3,(H,28,29,30)/t17-/m1/s1. The molecule has 0 aromatic carbocycles. The maximum absolute atomic E-state index is 9.53. The molecule has 0 aliphatic carbocycles. The number of ether oxygens (including phenoxy) is 1. The molecule has 9 nitrogen and oxygen atoms in total. The third-order valence-electron chi connectivity index (χ3n) is 5.87. The monoisotopic (exact) mass is 451 g/mol. The Labute approximate surface area is 194 Å². The molecular weight excluding hydrogens is 418 g/mol. The normalized spacial score (nSPS) is 16.5. The molecule has 176 valence electrons. The van der Waals surface area contributed by atoms with Gasteiger partial charge in [-0.15, -0.1) is 0 Å². The van der Waals surface area contributed by atoms with Crippen molar-refractivity contribution in [2.45, 2.75) is 32.6 Å². The molecular formula is C24H33N7O2. The molecule has 33 heavy (non-hydrogen) atoms. The van der Waals surface area contributed by atoms with Gasteiger partial charge in [0.1, 0.15) is 17.5 Å². The van der Waals surface area contributed by atoms with Gasteiger partial charge >= 0.3 is 0 Å². The zero-order valence-electron chi connectivity index (χ0n) is 19.6. The molecule has 1 atom stereocenters. The van der Waals surface area contributed by atoms with E-state index in [0.29, 0.717) is 36.2 Å². The molecule has 4 heterocycles. The summed E-state index contributed by atoms with van der Waals surface area (Å²) in [6.45, 7) is 10.4. The summed E-state index contributed by atoms with van der Waals surface area (Å²) in [6.07, 6.45) is 3.90. The number of hydrogen-bond donors (Lipinski definition) is 4. The first-order valence-electron chi connectivity index (χ1n) is 11.3. The Balaban J connectivity index is 1.60. The Morgan fingerprint density at radius 3 is 2.88 bits per heavy atom. The van der Waals surface area contributed by atoms with E-state index in [0.717, 1.165) is 42.3 Å². The molecule has 0 amide bonds. The SMILES string of the molecule is C=C(NCC(C)(C)CO)c1cnn2c(NC)cc(Nc3cccc([C@@H]4CCCOC4)n3)nc12. The first kappa shape index (κ1) is 23.0. The molecule has 0 radical (unpaired) electrons. The Hall–Kier alpha value is -3.17. The Morgan fingerprint density at radius 1 is 1.30 bits per heavy atom. The van der Waals surface area contributed by atoms with Crippen LogP contribution in [0.25, 0.3) is 11.3 Å². The van der Waals surface area contributed by atoms with Crippen molar-refractivity contribution in [1.29, 1.82) is 0 Å². The molecule has 3 aromatic heterocycles. The fourth-order valence-corrected chi connectivity index (χ4v) is 3.77. The average Bonchev–Trinajstić information content (AvgIpc) is 3.27. The van der Waals surface area contributed by atoms with E-state index in [2.05, 4.69) is 33.7 Å². The van der Waals surface area contributed by atoms with Crippen molar-refractivity contribution in [2.24, 2.45) is 5.41 Å².